The Bertz CT molecular complexity index is 355. The predicted molar refractivity (Wildman–Crippen MR) is 66.3 cm³/mol. The third-order valence-electron chi connectivity index (χ3n) is 2.06. The molecular weight excluding hydrogens is 230 g/mol. The lowest BCUT2D eigenvalue weighted by molar-refractivity contribution is -0.125. The van der Waals surface area contributed by atoms with Crippen LogP contribution in [0, 0.1) is 0 Å². The van der Waals surface area contributed by atoms with Crippen molar-refractivity contribution in [2.75, 3.05) is 13.1 Å². The molecule has 0 unspecified atom stereocenters. The van der Waals surface area contributed by atoms with Gasteiger partial charge in [0.15, 0.2) is 0 Å². The molecule has 0 aliphatic rings. The van der Waals surface area contributed by atoms with Crippen molar-refractivity contribution in [3.05, 3.63) is 27.4 Å². The molecule has 4 heteroatoms. The number of halogens is 1. The van der Waals surface area contributed by atoms with Crippen molar-refractivity contribution >= 4 is 34.9 Å². The highest BCUT2D eigenvalue weighted by atomic mass is 35.5. The fourth-order valence-corrected chi connectivity index (χ4v) is 2.18. The second-order valence-corrected chi connectivity index (χ2v) is 4.73. The Morgan fingerprint density at radius 3 is 2.60 bits per heavy atom. The molecule has 0 aliphatic heterocycles. The van der Waals surface area contributed by atoms with Crippen molar-refractivity contribution in [3.8, 4) is 0 Å². The molecule has 0 bridgehead atoms. The molecular formula is C11H14ClNOS. The van der Waals surface area contributed by atoms with Crippen molar-refractivity contribution < 1.29 is 4.79 Å². The molecule has 1 amide bonds. The Kier molecular flexibility index (Phi) is 4.85. The van der Waals surface area contributed by atoms with Crippen LogP contribution in [0.2, 0.25) is 4.34 Å². The van der Waals surface area contributed by atoms with Gasteiger partial charge in [-0.2, -0.15) is 0 Å². The molecule has 0 aliphatic carbocycles. The quantitative estimate of drug-likeness (QED) is 0.744. The fourth-order valence-electron chi connectivity index (χ4n) is 1.21. The first kappa shape index (κ1) is 12.3. The van der Waals surface area contributed by atoms with Crippen LogP contribution < -0.4 is 0 Å². The molecule has 0 fully saturated rings. The van der Waals surface area contributed by atoms with E-state index >= 15 is 0 Å². The zero-order chi connectivity index (χ0) is 11.3. The summed E-state index contributed by atoms with van der Waals surface area (Å²) in [7, 11) is 0. The number of nitrogens with zero attached hydrogens (tertiary/aromatic N) is 1. The van der Waals surface area contributed by atoms with Crippen molar-refractivity contribution in [2.45, 2.75) is 13.8 Å². The summed E-state index contributed by atoms with van der Waals surface area (Å²) in [6.45, 7) is 5.42. The molecule has 1 aromatic heterocycles. The maximum atomic E-state index is 11.6. The molecule has 0 saturated carbocycles. The van der Waals surface area contributed by atoms with Gasteiger partial charge in [-0.3, -0.25) is 4.79 Å². The maximum Gasteiger partial charge on any atom is 0.246 e. The predicted octanol–water partition coefficient (Wildman–Crippen LogP) is 3.28. The molecule has 1 heterocycles. The molecule has 1 rings (SSSR count). The van der Waals surface area contributed by atoms with Crippen molar-refractivity contribution in [1.29, 1.82) is 0 Å². The summed E-state index contributed by atoms with van der Waals surface area (Å²) in [6.07, 6.45) is 3.40. The topological polar surface area (TPSA) is 20.3 Å². The lowest BCUT2D eigenvalue weighted by Gasteiger charge is -2.15. The smallest absolute Gasteiger partial charge is 0.246 e. The molecule has 15 heavy (non-hydrogen) atoms. The number of thiophene rings is 1. The molecule has 0 atom stereocenters. The normalized spacial score (nSPS) is 10.9. The van der Waals surface area contributed by atoms with E-state index < -0.39 is 0 Å². The van der Waals surface area contributed by atoms with Crippen LogP contribution in [0.4, 0.5) is 0 Å². The number of likely N-dealkylation sites (N-methyl/N-ethyl adjacent to an activating group) is 1. The zero-order valence-corrected chi connectivity index (χ0v) is 10.4. The van der Waals surface area contributed by atoms with Crippen molar-refractivity contribution in [2.24, 2.45) is 0 Å². The number of hydrogen-bond donors (Lipinski definition) is 0. The summed E-state index contributed by atoms with van der Waals surface area (Å²) < 4.78 is 0.741. The molecule has 2 nitrogen and oxygen atoms in total. The maximum absolute atomic E-state index is 11.6. The minimum atomic E-state index is 0.0459. The number of hydrogen-bond acceptors (Lipinski definition) is 2. The van der Waals surface area contributed by atoms with E-state index in [0.29, 0.717) is 0 Å². The highest BCUT2D eigenvalue weighted by molar-refractivity contribution is 7.17. The number of carbonyl (C=O) groups excluding carboxylic acids is 1. The minimum absolute atomic E-state index is 0.0459. The van der Waals surface area contributed by atoms with Crippen LogP contribution in [0.25, 0.3) is 6.08 Å². The van der Waals surface area contributed by atoms with Crippen LogP contribution in [0.15, 0.2) is 18.2 Å². The largest absolute Gasteiger partial charge is 0.340 e. The van der Waals surface area contributed by atoms with Gasteiger partial charge >= 0.3 is 0 Å². The van der Waals surface area contributed by atoms with Crippen LogP contribution in [0.3, 0.4) is 0 Å². The fraction of sp³-hybridized carbons (Fsp3) is 0.364. The van der Waals surface area contributed by atoms with Gasteiger partial charge in [-0.1, -0.05) is 11.6 Å². The molecule has 0 N–H and O–H groups in total. The summed E-state index contributed by atoms with van der Waals surface area (Å²) in [5.41, 5.74) is 0. The molecule has 1 aromatic rings. The monoisotopic (exact) mass is 243 g/mol. The Hall–Kier alpha value is -0.800. The van der Waals surface area contributed by atoms with Gasteiger partial charge in [-0.05, 0) is 32.1 Å². The van der Waals surface area contributed by atoms with E-state index in [0.717, 1.165) is 22.3 Å². The van der Waals surface area contributed by atoms with Gasteiger partial charge in [0.05, 0.1) is 4.34 Å². The standard InChI is InChI=1S/C11H14ClNOS/c1-3-13(4-2)11(14)8-6-9-5-7-10(12)15-9/h5-8H,3-4H2,1-2H3. The minimum Gasteiger partial charge on any atom is -0.340 e. The van der Waals surface area contributed by atoms with Crippen LogP contribution in [0.1, 0.15) is 18.7 Å². The SMILES string of the molecule is CCN(CC)C(=O)C=Cc1ccc(Cl)s1. The molecule has 0 saturated heterocycles. The lowest BCUT2D eigenvalue weighted by Crippen LogP contribution is -2.28. The average molecular weight is 244 g/mol. The van der Waals surface area contributed by atoms with Gasteiger partial charge in [-0.15, -0.1) is 11.3 Å². The highest BCUT2D eigenvalue weighted by Crippen LogP contribution is 2.22. The van der Waals surface area contributed by atoms with Gasteiger partial charge in [-0.25, -0.2) is 0 Å². The highest BCUT2D eigenvalue weighted by Gasteiger charge is 2.04. The molecule has 82 valence electrons. The Morgan fingerprint density at radius 1 is 1.47 bits per heavy atom. The summed E-state index contributed by atoms with van der Waals surface area (Å²) >= 11 is 7.25. The van der Waals surface area contributed by atoms with Gasteiger partial charge in [0.2, 0.25) is 5.91 Å². The van der Waals surface area contributed by atoms with Crippen LogP contribution in [-0.2, 0) is 4.79 Å². The Labute approximate surface area is 99.2 Å². The second kappa shape index (κ2) is 5.93. The first-order chi connectivity index (χ1) is 7.17. The summed E-state index contributed by atoms with van der Waals surface area (Å²) in [6, 6.07) is 3.73. The van der Waals surface area contributed by atoms with E-state index in [2.05, 4.69) is 0 Å². The van der Waals surface area contributed by atoms with Crippen LogP contribution in [0.5, 0.6) is 0 Å². The van der Waals surface area contributed by atoms with Gasteiger partial charge in [0, 0.05) is 24.0 Å². The van der Waals surface area contributed by atoms with E-state index in [4.69, 9.17) is 11.6 Å². The van der Waals surface area contributed by atoms with E-state index in [9.17, 15) is 4.79 Å². The molecule has 0 spiro atoms. The first-order valence-electron chi connectivity index (χ1n) is 4.89. The molecule has 0 aromatic carbocycles. The van der Waals surface area contributed by atoms with Crippen LogP contribution >= 0.6 is 22.9 Å². The number of rotatable bonds is 4. The van der Waals surface area contributed by atoms with Gasteiger partial charge in [0.1, 0.15) is 0 Å². The third kappa shape index (κ3) is 3.68. The van der Waals surface area contributed by atoms with E-state index in [-0.39, 0.29) is 5.91 Å². The van der Waals surface area contributed by atoms with Gasteiger partial charge < -0.3 is 4.90 Å². The third-order valence-corrected chi connectivity index (χ3v) is 3.26. The molecule has 0 radical (unpaired) electrons. The lowest BCUT2D eigenvalue weighted by atomic mass is 10.3. The Morgan fingerprint density at radius 2 is 2.13 bits per heavy atom. The van der Waals surface area contributed by atoms with E-state index in [1.54, 1.807) is 17.1 Å². The second-order valence-electron chi connectivity index (χ2n) is 2.99. The number of amides is 1. The van der Waals surface area contributed by atoms with Gasteiger partial charge in [0.25, 0.3) is 0 Å². The van der Waals surface area contributed by atoms with E-state index in [1.165, 1.54) is 11.3 Å². The average Bonchev–Trinajstić information content (AvgIpc) is 2.63. The van der Waals surface area contributed by atoms with Crippen LogP contribution in [-0.4, -0.2) is 23.9 Å². The van der Waals surface area contributed by atoms with Crippen molar-refractivity contribution in [1.82, 2.24) is 4.90 Å². The summed E-state index contributed by atoms with van der Waals surface area (Å²) in [5.74, 6) is 0.0459. The summed E-state index contributed by atoms with van der Waals surface area (Å²) in [5, 5.41) is 0. The number of carbonyl (C=O) groups is 1. The Balaban J connectivity index is 2.61. The first-order valence-corrected chi connectivity index (χ1v) is 6.09. The zero-order valence-electron chi connectivity index (χ0n) is 8.87. The van der Waals surface area contributed by atoms with Crippen molar-refractivity contribution in [3.63, 3.8) is 0 Å². The summed E-state index contributed by atoms with van der Waals surface area (Å²) in [4.78, 5) is 14.4. The van der Waals surface area contributed by atoms with E-state index in [1.807, 2.05) is 26.0 Å².